The summed E-state index contributed by atoms with van der Waals surface area (Å²) in [5, 5.41) is 40.2. The Morgan fingerprint density at radius 3 is 1.15 bits per heavy atom. The van der Waals surface area contributed by atoms with Crippen molar-refractivity contribution in [1.29, 1.82) is 0 Å². The molecule has 28 nitrogen and oxygen atoms in total. The lowest BCUT2D eigenvalue weighted by Crippen LogP contribution is -2.58. The number of carboxylic acid groups (broad SMARTS) is 1. The second kappa shape index (κ2) is 38.7. The van der Waals surface area contributed by atoms with Gasteiger partial charge in [0.25, 0.3) is 0 Å². The normalized spacial score (nSPS) is 18.3. The van der Waals surface area contributed by atoms with Crippen molar-refractivity contribution in [2.24, 2.45) is 46.8 Å². The predicted molar refractivity (Wildman–Crippen MR) is 374 cm³/mol. The Labute approximate surface area is 581 Å². The SMILES string of the molecule is CC(C)(C)OC(=O)NC[C@H](CCCB1OC(C)(C)C(C)(C)O1)[C@H](N)C(=O)OC(C)(C)C.CC(C)[C@H](N)C(=O)N[C@H](C(=O)O)[C@H](CN)CCCB(O)O.CC(C)[C@H](NC(=O)OC(C)(C)C)C(=O)N[C@H](C(=O)OC(C)(C)C)[C@@H](CCCB1OC(C)(C)C(C)(C)O1)CNC(=O)OC(C)(C)C. The minimum absolute atomic E-state index is 0.00824. The number of nitrogens with one attached hydrogen (secondary N) is 5. The standard InChI is InChI=1S/C32H60BN3O9.C22H43BN2O6.C12H26BN3O5/c1-20(2)22(36-27(40)43-30(9,10)11)24(37)35-23(25(38)41-28(3,4)5)21(19-34-26(39)42-29(6,7)8)17-16-18-33-44-31(12,13)32(14,15)45-33;1-19(2,3)28-17(26)16(24)15(14-25-18(27)29-20(4,5)6)12-11-13-23-30-21(7,8)22(9,10)31-23;1-7(2)9(15)11(17)16-10(12(18)19)8(6-14)4-3-5-13(20)21/h20-23H,16-19H2,1-15H3,(H,34,39)(H,35,37)(H,36,40);15-16H,11-14,24H2,1-10H3,(H,25,27);7-10,20-21H,3-6,14-15H2,1-2H3,(H,16,17)(H,18,19)/t21-,22-,23-;15-,16-;8-,9-,10-/m000/s1. The zero-order chi connectivity index (χ0) is 76.0. The molecule has 8 atom stereocenters. The van der Waals surface area contributed by atoms with Crippen molar-refractivity contribution in [2.75, 3.05) is 19.6 Å². The van der Waals surface area contributed by atoms with E-state index in [2.05, 4.69) is 26.6 Å². The van der Waals surface area contributed by atoms with E-state index in [0.717, 1.165) is 0 Å². The Hall–Kier alpha value is -5.01. The molecule has 0 aromatic carbocycles. The van der Waals surface area contributed by atoms with E-state index in [1.807, 2.05) is 55.4 Å². The lowest BCUT2D eigenvalue weighted by atomic mass is 9.80. The zero-order valence-electron chi connectivity index (χ0n) is 64.0. The molecule has 0 aromatic heterocycles. The van der Waals surface area contributed by atoms with E-state index in [1.54, 1.807) is 132 Å². The van der Waals surface area contributed by atoms with E-state index in [9.17, 15) is 43.5 Å². The van der Waals surface area contributed by atoms with Crippen LogP contribution in [0.1, 0.15) is 225 Å². The molecule has 2 heterocycles. The molecule has 2 aliphatic heterocycles. The molecule has 0 saturated carbocycles. The summed E-state index contributed by atoms with van der Waals surface area (Å²) in [6.07, 6.45) is 2.40. The number of carboxylic acids is 1. The van der Waals surface area contributed by atoms with Crippen LogP contribution in [-0.4, -0.2) is 185 Å². The van der Waals surface area contributed by atoms with Crippen LogP contribution in [0.3, 0.4) is 0 Å². The number of nitrogens with two attached hydrogens (primary N) is 3. The number of carbonyl (C=O) groups is 8. The maximum absolute atomic E-state index is 13.7. The summed E-state index contributed by atoms with van der Waals surface area (Å²) in [5.41, 5.74) is 12.1. The first-order valence-electron chi connectivity index (χ1n) is 34.2. The van der Waals surface area contributed by atoms with Gasteiger partial charge >= 0.3 is 57.5 Å². The van der Waals surface area contributed by atoms with Crippen molar-refractivity contribution in [3.8, 4) is 0 Å². The third-order valence-electron chi connectivity index (χ3n) is 16.1. The van der Waals surface area contributed by atoms with Gasteiger partial charge in [-0.25, -0.2) is 24.0 Å². The molecule has 2 rings (SSSR count). The molecule has 5 amide bonds. The van der Waals surface area contributed by atoms with Gasteiger partial charge < -0.3 is 101 Å². The highest BCUT2D eigenvalue weighted by molar-refractivity contribution is 6.45. The Morgan fingerprint density at radius 2 is 0.804 bits per heavy atom. The van der Waals surface area contributed by atoms with Crippen LogP contribution in [0.5, 0.6) is 0 Å². The van der Waals surface area contributed by atoms with Crippen molar-refractivity contribution in [3.63, 3.8) is 0 Å². The Kier molecular flexibility index (Phi) is 36.7. The summed E-state index contributed by atoms with van der Waals surface area (Å²) in [6.45, 7) is 49.7. The summed E-state index contributed by atoms with van der Waals surface area (Å²) >= 11 is 0. The molecule has 14 N–H and O–H groups in total. The monoisotopic (exact) mass is 1390 g/mol. The third kappa shape index (κ3) is 36.8. The molecule has 2 aliphatic rings. The average molecular weight is 1390 g/mol. The molecule has 31 heteroatoms. The molecule has 2 saturated heterocycles. The number of hydrogen-bond acceptors (Lipinski definition) is 22. The van der Waals surface area contributed by atoms with Gasteiger partial charge in [-0.15, -0.1) is 0 Å². The van der Waals surface area contributed by atoms with E-state index in [-0.39, 0.29) is 62.0 Å². The summed E-state index contributed by atoms with van der Waals surface area (Å²) in [6, 6.07) is -4.96. The number of alkyl carbamates (subject to hydrolysis) is 3. The van der Waals surface area contributed by atoms with Gasteiger partial charge in [0, 0.05) is 30.8 Å². The molecule has 562 valence electrons. The first-order valence-corrected chi connectivity index (χ1v) is 34.2. The van der Waals surface area contributed by atoms with E-state index in [4.69, 9.17) is 69.6 Å². The minimum Gasteiger partial charge on any atom is -0.480 e. The number of hydrogen-bond donors (Lipinski definition) is 11. The van der Waals surface area contributed by atoms with Gasteiger partial charge in [-0.2, -0.15) is 0 Å². The van der Waals surface area contributed by atoms with Gasteiger partial charge in [0.1, 0.15) is 52.2 Å². The fourth-order valence-electron chi connectivity index (χ4n) is 9.54. The maximum atomic E-state index is 13.7. The first kappa shape index (κ1) is 92.0. The summed E-state index contributed by atoms with van der Waals surface area (Å²) in [7, 11) is -2.20. The van der Waals surface area contributed by atoms with E-state index >= 15 is 0 Å². The van der Waals surface area contributed by atoms with Gasteiger partial charge in [0.2, 0.25) is 11.8 Å². The van der Waals surface area contributed by atoms with Crippen LogP contribution in [0.15, 0.2) is 0 Å². The zero-order valence-corrected chi connectivity index (χ0v) is 64.0. The van der Waals surface area contributed by atoms with Crippen molar-refractivity contribution in [2.45, 2.75) is 325 Å². The second-order valence-electron chi connectivity index (χ2n) is 33.0. The van der Waals surface area contributed by atoms with Crippen molar-refractivity contribution in [1.82, 2.24) is 26.6 Å². The molecular weight excluding hydrogens is 1260 g/mol. The Morgan fingerprint density at radius 1 is 0.454 bits per heavy atom. The summed E-state index contributed by atoms with van der Waals surface area (Å²) in [4.78, 5) is 100. The molecule has 2 fully saturated rings. The smallest absolute Gasteiger partial charge is 0.457 e. The molecule has 97 heavy (non-hydrogen) atoms. The van der Waals surface area contributed by atoms with Crippen molar-refractivity contribution >= 4 is 69.4 Å². The van der Waals surface area contributed by atoms with Gasteiger partial charge in [0.05, 0.1) is 28.4 Å². The lowest BCUT2D eigenvalue weighted by Gasteiger charge is -2.32. The topological polar surface area (TPSA) is 419 Å². The Bertz CT molecular complexity index is 2460. The average Bonchev–Trinajstić information content (AvgIpc) is 1.66. The van der Waals surface area contributed by atoms with Crippen LogP contribution < -0.4 is 43.8 Å². The largest absolute Gasteiger partial charge is 0.480 e. The molecular formula is C66H129B3N8O20. The number of rotatable bonds is 30. The van der Waals surface area contributed by atoms with Gasteiger partial charge in [-0.1, -0.05) is 47.0 Å². The van der Waals surface area contributed by atoms with Crippen molar-refractivity contribution < 1.29 is 95.8 Å². The van der Waals surface area contributed by atoms with Gasteiger partial charge in [-0.3, -0.25) is 14.4 Å². The van der Waals surface area contributed by atoms with Crippen LogP contribution in [0.2, 0.25) is 19.0 Å². The number of aliphatic carboxylic acids is 1. The quantitative estimate of drug-likeness (QED) is 0.0189. The molecule has 0 radical (unpaired) electrons. The van der Waals surface area contributed by atoms with E-state index < -0.39 is 143 Å². The third-order valence-corrected chi connectivity index (χ3v) is 16.1. The lowest BCUT2D eigenvalue weighted by molar-refractivity contribution is -0.160. The number of ether oxygens (including phenoxy) is 5. The first-order chi connectivity index (χ1) is 43.7. The highest BCUT2D eigenvalue weighted by atomic mass is 16.7. The van der Waals surface area contributed by atoms with Gasteiger partial charge in [-0.05, 0) is 216 Å². The van der Waals surface area contributed by atoms with Gasteiger partial charge in [0.15, 0.2) is 0 Å². The van der Waals surface area contributed by atoms with E-state index in [1.165, 1.54) is 0 Å². The molecule has 0 spiro atoms. The van der Waals surface area contributed by atoms with Crippen LogP contribution in [0.4, 0.5) is 14.4 Å². The summed E-state index contributed by atoms with van der Waals surface area (Å²) < 4.78 is 51.6. The summed E-state index contributed by atoms with van der Waals surface area (Å²) in [5.74, 6) is -5.31. The van der Waals surface area contributed by atoms with E-state index in [0.29, 0.717) is 51.2 Å². The highest BCUT2D eigenvalue weighted by Gasteiger charge is 2.52. The number of esters is 2. The molecule has 0 aliphatic carbocycles. The molecule has 0 unspecified atom stereocenters. The predicted octanol–water partition coefficient (Wildman–Crippen LogP) is 7.41. The Balaban J connectivity index is 0.00000153. The highest BCUT2D eigenvalue weighted by Crippen LogP contribution is 2.40. The van der Waals surface area contributed by atoms with Crippen LogP contribution in [0.25, 0.3) is 0 Å². The van der Waals surface area contributed by atoms with Crippen LogP contribution in [0, 0.1) is 29.6 Å². The van der Waals surface area contributed by atoms with Crippen LogP contribution >= 0.6 is 0 Å². The minimum atomic E-state index is -1.43. The second-order valence-corrected chi connectivity index (χ2v) is 33.0. The number of carbonyl (C=O) groups excluding carboxylic acids is 7. The van der Waals surface area contributed by atoms with Crippen molar-refractivity contribution in [3.05, 3.63) is 0 Å². The maximum Gasteiger partial charge on any atom is 0.457 e. The fourth-order valence-corrected chi connectivity index (χ4v) is 9.54. The number of amides is 5. The fraction of sp³-hybridized carbons (Fsp3) is 0.879. The van der Waals surface area contributed by atoms with Crippen LogP contribution in [-0.2, 0) is 66.3 Å². The molecule has 0 bridgehead atoms. The molecule has 0 aromatic rings.